The zero-order chi connectivity index (χ0) is 13.5. The summed E-state index contributed by atoms with van der Waals surface area (Å²) in [5.41, 5.74) is 6.26. The maximum absolute atomic E-state index is 13.4. The van der Waals surface area contributed by atoms with Crippen LogP contribution in [0.3, 0.4) is 0 Å². The Kier molecular flexibility index (Phi) is 6.47. The van der Waals surface area contributed by atoms with Crippen molar-refractivity contribution in [3.8, 4) is 5.75 Å². The molecular weight excluding hydrogens is 297 g/mol. The number of hydrogen-bond acceptors (Lipinski definition) is 2. The highest BCUT2D eigenvalue weighted by Crippen LogP contribution is 2.29. The highest BCUT2D eigenvalue weighted by Gasteiger charge is 2.10. The Bertz CT molecular complexity index is 384. The van der Waals surface area contributed by atoms with Gasteiger partial charge in [0.25, 0.3) is 0 Å². The number of rotatable bonds is 7. The molecule has 0 aliphatic rings. The summed E-state index contributed by atoms with van der Waals surface area (Å²) in [7, 11) is 0. The lowest BCUT2D eigenvalue weighted by molar-refractivity contribution is 0.207. The van der Waals surface area contributed by atoms with Crippen LogP contribution >= 0.6 is 15.9 Å². The molecule has 0 saturated heterocycles. The molecule has 0 radical (unpaired) electrons. The minimum Gasteiger partial charge on any atom is -0.488 e. The average Bonchev–Trinajstić information content (AvgIpc) is 2.32. The van der Waals surface area contributed by atoms with Crippen LogP contribution in [0.5, 0.6) is 5.75 Å². The summed E-state index contributed by atoms with van der Waals surface area (Å²) in [5.74, 6) is 0.0797. The van der Waals surface area contributed by atoms with E-state index in [0.717, 1.165) is 12.8 Å². The van der Waals surface area contributed by atoms with Gasteiger partial charge < -0.3 is 10.5 Å². The van der Waals surface area contributed by atoms with E-state index < -0.39 is 0 Å². The van der Waals surface area contributed by atoms with Gasteiger partial charge in [0.1, 0.15) is 11.6 Å². The van der Waals surface area contributed by atoms with Gasteiger partial charge in [-0.25, -0.2) is 4.39 Å². The van der Waals surface area contributed by atoms with Gasteiger partial charge in [-0.2, -0.15) is 0 Å². The Morgan fingerprint density at radius 3 is 2.72 bits per heavy atom. The fourth-order valence-corrected chi connectivity index (χ4v) is 2.14. The molecule has 4 heteroatoms. The number of unbranched alkanes of at least 4 members (excludes halogenated alkanes) is 3. The number of halogens is 2. The van der Waals surface area contributed by atoms with Gasteiger partial charge in [0, 0.05) is 6.07 Å². The summed E-state index contributed by atoms with van der Waals surface area (Å²) < 4.78 is 19.4. The molecule has 0 aliphatic carbocycles. The molecule has 0 bridgehead atoms. The van der Waals surface area contributed by atoms with Crippen LogP contribution < -0.4 is 10.5 Å². The molecule has 1 aromatic rings. The van der Waals surface area contributed by atoms with Gasteiger partial charge in [-0.15, -0.1) is 0 Å². The minimum atomic E-state index is -0.350. The van der Waals surface area contributed by atoms with Crippen LogP contribution in [0.4, 0.5) is 10.1 Å². The Morgan fingerprint density at radius 2 is 2.06 bits per heavy atom. The van der Waals surface area contributed by atoms with Crippen molar-refractivity contribution in [2.24, 2.45) is 0 Å². The number of anilines is 1. The van der Waals surface area contributed by atoms with E-state index >= 15 is 0 Å². The summed E-state index contributed by atoms with van der Waals surface area (Å²) in [4.78, 5) is 0. The molecule has 0 heterocycles. The highest BCUT2D eigenvalue weighted by atomic mass is 79.9. The highest BCUT2D eigenvalue weighted by molar-refractivity contribution is 9.10. The van der Waals surface area contributed by atoms with Crippen molar-refractivity contribution in [1.82, 2.24) is 0 Å². The molecule has 1 unspecified atom stereocenters. The summed E-state index contributed by atoms with van der Waals surface area (Å²) in [6.07, 6.45) is 5.85. The fraction of sp³-hybridized carbons (Fsp3) is 0.571. The standard InChI is InChI=1S/C14H21BrFNO/c1-3-4-5-6-7-10(2)18-14-9-12(16)11(15)8-13(14)17/h8-10H,3-7,17H2,1-2H3. The minimum absolute atomic E-state index is 0.0599. The monoisotopic (exact) mass is 317 g/mol. The topological polar surface area (TPSA) is 35.2 Å². The molecule has 1 atom stereocenters. The smallest absolute Gasteiger partial charge is 0.145 e. The number of benzene rings is 1. The molecule has 2 N–H and O–H groups in total. The van der Waals surface area contributed by atoms with Crippen LogP contribution in [0.2, 0.25) is 0 Å². The molecule has 0 amide bonds. The van der Waals surface area contributed by atoms with Crippen molar-refractivity contribution < 1.29 is 9.13 Å². The third-order valence-corrected chi connectivity index (χ3v) is 3.45. The second-order valence-corrected chi connectivity index (χ2v) is 5.44. The van der Waals surface area contributed by atoms with E-state index in [9.17, 15) is 4.39 Å². The molecule has 2 nitrogen and oxygen atoms in total. The molecule has 102 valence electrons. The number of nitrogen functional groups attached to an aromatic ring is 1. The van der Waals surface area contributed by atoms with Crippen LogP contribution in [-0.2, 0) is 0 Å². The second kappa shape index (κ2) is 7.62. The van der Waals surface area contributed by atoms with E-state index in [1.54, 1.807) is 0 Å². The molecule has 0 saturated carbocycles. The zero-order valence-electron chi connectivity index (χ0n) is 11.0. The van der Waals surface area contributed by atoms with Crippen molar-refractivity contribution in [2.75, 3.05) is 5.73 Å². The summed E-state index contributed by atoms with van der Waals surface area (Å²) in [6.45, 7) is 4.18. The number of hydrogen-bond donors (Lipinski definition) is 1. The van der Waals surface area contributed by atoms with Crippen LogP contribution in [0, 0.1) is 5.82 Å². The first-order valence-electron chi connectivity index (χ1n) is 6.45. The summed E-state index contributed by atoms with van der Waals surface area (Å²) in [5, 5.41) is 0. The lowest BCUT2D eigenvalue weighted by atomic mass is 10.1. The van der Waals surface area contributed by atoms with E-state index in [0.29, 0.717) is 15.9 Å². The number of nitrogens with two attached hydrogens (primary N) is 1. The van der Waals surface area contributed by atoms with E-state index in [4.69, 9.17) is 10.5 Å². The quantitative estimate of drug-likeness (QED) is 0.573. The van der Waals surface area contributed by atoms with Crippen molar-refractivity contribution in [1.29, 1.82) is 0 Å². The van der Waals surface area contributed by atoms with Crippen molar-refractivity contribution in [3.05, 3.63) is 22.4 Å². The van der Waals surface area contributed by atoms with Crippen molar-refractivity contribution in [2.45, 2.75) is 52.1 Å². The van der Waals surface area contributed by atoms with Gasteiger partial charge in [0.15, 0.2) is 0 Å². The summed E-state index contributed by atoms with van der Waals surface area (Å²) >= 11 is 3.10. The van der Waals surface area contributed by atoms with Crippen LogP contribution in [0.15, 0.2) is 16.6 Å². The van der Waals surface area contributed by atoms with Gasteiger partial charge in [-0.1, -0.05) is 26.2 Å². The molecule has 18 heavy (non-hydrogen) atoms. The molecule has 1 aromatic carbocycles. The largest absolute Gasteiger partial charge is 0.488 e. The molecule has 0 aromatic heterocycles. The maximum atomic E-state index is 13.4. The third kappa shape index (κ3) is 4.84. The van der Waals surface area contributed by atoms with Gasteiger partial charge >= 0.3 is 0 Å². The average molecular weight is 318 g/mol. The van der Waals surface area contributed by atoms with Crippen LogP contribution in [-0.4, -0.2) is 6.10 Å². The maximum Gasteiger partial charge on any atom is 0.145 e. The van der Waals surface area contributed by atoms with E-state index in [1.807, 2.05) is 6.92 Å². The fourth-order valence-electron chi connectivity index (χ4n) is 1.78. The zero-order valence-corrected chi connectivity index (χ0v) is 12.6. The lowest BCUT2D eigenvalue weighted by Crippen LogP contribution is -2.12. The molecule has 1 rings (SSSR count). The Balaban J connectivity index is 2.48. The second-order valence-electron chi connectivity index (χ2n) is 4.58. The Labute approximate surface area is 117 Å². The normalized spacial score (nSPS) is 12.4. The van der Waals surface area contributed by atoms with Gasteiger partial charge in [0.2, 0.25) is 0 Å². The van der Waals surface area contributed by atoms with Gasteiger partial charge in [0.05, 0.1) is 16.3 Å². The van der Waals surface area contributed by atoms with Crippen molar-refractivity contribution >= 4 is 21.6 Å². The van der Waals surface area contributed by atoms with E-state index in [2.05, 4.69) is 22.9 Å². The SMILES string of the molecule is CCCCCCC(C)Oc1cc(F)c(Br)cc1N. The van der Waals surface area contributed by atoms with Gasteiger partial charge in [-0.05, 0) is 41.8 Å². The third-order valence-electron chi connectivity index (χ3n) is 2.85. The first-order valence-corrected chi connectivity index (χ1v) is 7.25. The summed E-state index contributed by atoms with van der Waals surface area (Å²) in [6, 6.07) is 2.87. The predicted octanol–water partition coefficient (Wildman–Crippen LogP) is 4.91. The Hall–Kier alpha value is -0.770. The first-order chi connectivity index (χ1) is 8.54. The predicted molar refractivity (Wildman–Crippen MR) is 77.4 cm³/mol. The van der Waals surface area contributed by atoms with Gasteiger partial charge in [-0.3, -0.25) is 0 Å². The molecule has 0 spiro atoms. The molecule has 0 fully saturated rings. The lowest BCUT2D eigenvalue weighted by Gasteiger charge is -2.16. The van der Waals surface area contributed by atoms with Crippen LogP contribution in [0.25, 0.3) is 0 Å². The molecule has 0 aliphatic heterocycles. The van der Waals surface area contributed by atoms with Crippen molar-refractivity contribution in [3.63, 3.8) is 0 Å². The number of ether oxygens (including phenoxy) is 1. The molecular formula is C14H21BrFNO. The Morgan fingerprint density at radius 1 is 1.33 bits per heavy atom. The van der Waals surface area contributed by atoms with Crippen LogP contribution in [0.1, 0.15) is 46.0 Å². The van der Waals surface area contributed by atoms with E-state index in [1.165, 1.54) is 31.4 Å². The van der Waals surface area contributed by atoms with E-state index in [-0.39, 0.29) is 11.9 Å². The first kappa shape index (κ1) is 15.3.